The lowest BCUT2D eigenvalue weighted by Crippen LogP contribution is -2.41. The molecule has 1 aromatic heterocycles. The summed E-state index contributed by atoms with van der Waals surface area (Å²) in [4.78, 5) is 8.21. The molecule has 21 heavy (non-hydrogen) atoms. The van der Waals surface area contributed by atoms with Crippen molar-refractivity contribution in [2.45, 2.75) is 24.7 Å². The van der Waals surface area contributed by atoms with Gasteiger partial charge in [-0.1, -0.05) is 0 Å². The van der Waals surface area contributed by atoms with Crippen LogP contribution in [-0.2, 0) is 14.8 Å². The molecule has 1 saturated heterocycles. The highest BCUT2D eigenvalue weighted by Gasteiger charge is 2.30. The number of hydrogen-bond acceptors (Lipinski definition) is 6. The van der Waals surface area contributed by atoms with Gasteiger partial charge in [-0.25, -0.2) is 18.4 Å². The van der Waals surface area contributed by atoms with Crippen LogP contribution >= 0.6 is 0 Å². The number of hydrogen-bond donors (Lipinski definition) is 1. The lowest BCUT2D eigenvalue weighted by molar-refractivity contribution is 0.118. The summed E-state index contributed by atoms with van der Waals surface area (Å²) < 4.78 is 31.8. The predicted octanol–water partition coefficient (Wildman–Crippen LogP) is 0.955. The highest BCUT2D eigenvalue weighted by Crippen LogP contribution is 2.23. The molecule has 118 valence electrons. The normalized spacial score (nSPS) is 20.4. The number of methoxy groups -OCH3 is 1. The van der Waals surface area contributed by atoms with Crippen LogP contribution in [0, 0.1) is 5.92 Å². The minimum atomic E-state index is -3.52. The van der Waals surface area contributed by atoms with Crippen molar-refractivity contribution in [3.63, 3.8) is 0 Å². The van der Waals surface area contributed by atoms with Crippen molar-refractivity contribution in [1.29, 1.82) is 0 Å². The molecule has 1 fully saturated rings. The molecule has 0 saturated carbocycles. The standard InChI is InChI=1S/C13H22N4O3S/c1-3-14-13-15-7-12(8-16-13)21(18,19)17-6-4-5-11(9-17)10-20-2/h7-8,11H,3-6,9-10H2,1-2H3,(H,14,15,16). The van der Waals surface area contributed by atoms with Gasteiger partial charge in [-0.3, -0.25) is 0 Å². The van der Waals surface area contributed by atoms with Crippen molar-refractivity contribution in [3.8, 4) is 0 Å². The van der Waals surface area contributed by atoms with Crippen LogP contribution in [0.5, 0.6) is 0 Å². The summed E-state index contributed by atoms with van der Waals surface area (Å²) in [6, 6.07) is 0. The molecule has 1 aromatic rings. The van der Waals surface area contributed by atoms with Crippen LogP contribution < -0.4 is 5.32 Å². The van der Waals surface area contributed by atoms with E-state index in [1.807, 2.05) is 6.92 Å². The Kier molecular flexibility index (Phi) is 5.49. The molecule has 1 N–H and O–H groups in total. The fourth-order valence-corrected chi connectivity index (χ4v) is 3.91. The number of aromatic nitrogens is 2. The molecule has 0 amide bonds. The van der Waals surface area contributed by atoms with Gasteiger partial charge in [0.15, 0.2) is 0 Å². The maximum absolute atomic E-state index is 12.6. The first kappa shape index (κ1) is 16.1. The van der Waals surface area contributed by atoms with Crippen LogP contribution in [-0.4, -0.2) is 56.0 Å². The minimum Gasteiger partial charge on any atom is -0.384 e. The smallest absolute Gasteiger partial charge is 0.246 e. The van der Waals surface area contributed by atoms with Gasteiger partial charge in [0.2, 0.25) is 16.0 Å². The second-order valence-electron chi connectivity index (χ2n) is 5.10. The first-order valence-electron chi connectivity index (χ1n) is 7.13. The van der Waals surface area contributed by atoms with Crippen LogP contribution in [0.25, 0.3) is 0 Å². The fourth-order valence-electron chi connectivity index (χ4n) is 2.46. The Balaban J connectivity index is 2.13. The lowest BCUT2D eigenvalue weighted by atomic mass is 10.0. The van der Waals surface area contributed by atoms with Gasteiger partial charge in [-0.2, -0.15) is 4.31 Å². The second-order valence-corrected chi connectivity index (χ2v) is 7.04. The molecule has 7 nitrogen and oxygen atoms in total. The molecule has 0 bridgehead atoms. The van der Waals surface area contributed by atoms with Gasteiger partial charge < -0.3 is 10.1 Å². The van der Waals surface area contributed by atoms with E-state index in [4.69, 9.17) is 4.74 Å². The summed E-state index contributed by atoms with van der Waals surface area (Å²) in [5.74, 6) is 0.688. The molecule has 1 atom stereocenters. The maximum Gasteiger partial charge on any atom is 0.246 e. The Morgan fingerprint density at radius 2 is 2.14 bits per heavy atom. The van der Waals surface area contributed by atoms with E-state index in [0.29, 0.717) is 32.2 Å². The largest absolute Gasteiger partial charge is 0.384 e. The van der Waals surface area contributed by atoms with E-state index in [1.165, 1.54) is 16.7 Å². The number of anilines is 1. The summed E-state index contributed by atoms with van der Waals surface area (Å²) in [7, 11) is -1.88. The zero-order valence-corrected chi connectivity index (χ0v) is 13.3. The zero-order valence-electron chi connectivity index (χ0n) is 12.4. The van der Waals surface area contributed by atoms with E-state index < -0.39 is 10.0 Å². The molecule has 0 aromatic carbocycles. The van der Waals surface area contributed by atoms with Crippen LogP contribution in [0.1, 0.15) is 19.8 Å². The Bertz CT molecular complexity index is 545. The van der Waals surface area contributed by atoms with E-state index in [9.17, 15) is 8.42 Å². The van der Waals surface area contributed by atoms with Gasteiger partial charge in [-0.05, 0) is 25.7 Å². The zero-order chi connectivity index (χ0) is 15.3. The minimum absolute atomic E-state index is 0.141. The molecule has 8 heteroatoms. The third-order valence-electron chi connectivity index (χ3n) is 3.48. The highest BCUT2D eigenvalue weighted by atomic mass is 32.2. The number of nitrogens with zero attached hydrogens (tertiary/aromatic N) is 3. The SMILES string of the molecule is CCNc1ncc(S(=O)(=O)N2CCCC(COC)C2)cn1. The molecule has 0 aliphatic carbocycles. The van der Waals surface area contributed by atoms with Crippen molar-refractivity contribution < 1.29 is 13.2 Å². The molecule has 0 radical (unpaired) electrons. The third-order valence-corrected chi connectivity index (χ3v) is 5.30. The summed E-state index contributed by atoms with van der Waals surface area (Å²) in [6.45, 7) is 4.24. The third kappa shape index (κ3) is 3.90. The van der Waals surface area contributed by atoms with E-state index in [-0.39, 0.29) is 10.8 Å². The number of rotatable bonds is 6. The first-order valence-corrected chi connectivity index (χ1v) is 8.57. The Hall–Kier alpha value is -1.25. The Morgan fingerprint density at radius 3 is 2.76 bits per heavy atom. The van der Waals surface area contributed by atoms with Crippen molar-refractivity contribution in [2.24, 2.45) is 5.92 Å². The molecule has 2 rings (SSSR count). The monoisotopic (exact) mass is 314 g/mol. The summed E-state index contributed by atoms with van der Waals surface area (Å²) in [6.07, 6.45) is 4.57. The van der Waals surface area contributed by atoms with E-state index in [1.54, 1.807) is 7.11 Å². The van der Waals surface area contributed by atoms with Crippen LogP contribution in [0.2, 0.25) is 0 Å². The average Bonchev–Trinajstić information content (AvgIpc) is 2.49. The lowest BCUT2D eigenvalue weighted by Gasteiger charge is -2.31. The second kappa shape index (κ2) is 7.15. The Labute approximate surface area is 125 Å². The van der Waals surface area contributed by atoms with Crippen molar-refractivity contribution in [2.75, 3.05) is 38.7 Å². The molecule has 1 unspecified atom stereocenters. The molecule has 0 spiro atoms. The van der Waals surface area contributed by atoms with E-state index in [0.717, 1.165) is 12.8 Å². The van der Waals surface area contributed by atoms with Crippen molar-refractivity contribution >= 4 is 16.0 Å². The highest BCUT2D eigenvalue weighted by molar-refractivity contribution is 7.89. The Morgan fingerprint density at radius 1 is 1.43 bits per heavy atom. The van der Waals surface area contributed by atoms with E-state index >= 15 is 0 Å². The number of ether oxygens (including phenoxy) is 1. The van der Waals surface area contributed by atoms with E-state index in [2.05, 4.69) is 15.3 Å². The van der Waals surface area contributed by atoms with Gasteiger partial charge in [0, 0.05) is 26.7 Å². The maximum atomic E-state index is 12.6. The van der Waals surface area contributed by atoms with Crippen LogP contribution in [0.4, 0.5) is 5.95 Å². The van der Waals surface area contributed by atoms with Gasteiger partial charge >= 0.3 is 0 Å². The van der Waals surface area contributed by atoms with Gasteiger partial charge in [0.25, 0.3) is 0 Å². The fraction of sp³-hybridized carbons (Fsp3) is 0.692. The molecular weight excluding hydrogens is 292 g/mol. The molecular formula is C13H22N4O3S. The van der Waals surface area contributed by atoms with Crippen LogP contribution in [0.15, 0.2) is 17.3 Å². The number of piperidine rings is 1. The van der Waals surface area contributed by atoms with Gasteiger partial charge in [0.1, 0.15) is 4.90 Å². The van der Waals surface area contributed by atoms with Crippen molar-refractivity contribution in [3.05, 3.63) is 12.4 Å². The van der Waals surface area contributed by atoms with Gasteiger partial charge in [-0.15, -0.1) is 0 Å². The molecule has 2 heterocycles. The van der Waals surface area contributed by atoms with Crippen molar-refractivity contribution in [1.82, 2.24) is 14.3 Å². The first-order chi connectivity index (χ1) is 10.1. The van der Waals surface area contributed by atoms with Gasteiger partial charge in [0.05, 0.1) is 19.0 Å². The predicted molar refractivity (Wildman–Crippen MR) is 79.6 cm³/mol. The summed E-state index contributed by atoms with van der Waals surface area (Å²) in [5, 5.41) is 2.94. The summed E-state index contributed by atoms with van der Waals surface area (Å²) in [5.41, 5.74) is 0. The average molecular weight is 314 g/mol. The summed E-state index contributed by atoms with van der Waals surface area (Å²) >= 11 is 0. The quantitative estimate of drug-likeness (QED) is 0.842. The van der Waals surface area contributed by atoms with Crippen LogP contribution in [0.3, 0.4) is 0 Å². The number of sulfonamides is 1. The topological polar surface area (TPSA) is 84.4 Å². The number of nitrogens with one attached hydrogen (secondary N) is 1. The molecule has 1 aliphatic rings. The molecule has 1 aliphatic heterocycles.